The highest BCUT2D eigenvalue weighted by atomic mass is 16.4. The number of aromatic nitrogens is 6. The number of aliphatic carboxylic acids is 1. The second kappa shape index (κ2) is 4.65. The van der Waals surface area contributed by atoms with E-state index < -0.39 is 12.0 Å². The van der Waals surface area contributed by atoms with Gasteiger partial charge in [-0.1, -0.05) is 0 Å². The van der Waals surface area contributed by atoms with E-state index in [9.17, 15) is 4.79 Å². The topological polar surface area (TPSA) is 107 Å². The summed E-state index contributed by atoms with van der Waals surface area (Å²) >= 11 is 0. The van der Waals surface area contributed by atoms with Crippen molar-refractivity contribution in [3.8, 4) is 11.4 Å². The summed E-state index contributed by atoms with van der Waals surface area (Å²) in [6.45, 7) is 1.52. The Bertz CT molecular complexity index is 784. The van der Waals surface area contributed by atoms with Gasteiger partial charge in [0, 0.05) is 18.0 Å². The monoisotopic (exact) mass is 270 g/mol. The molecule has 0 saturated carbocycles. The molecule has 1 atom stereocenters. The Kier molecular flexibility index (Phi) is 2.82. The van der Waals surface area contributed by atoms with Gasteiger partial charge in [0.1, 0.15) is 0 Å². The van der Waals surface area contributed by atoms with Gasteiger partial charge in [0.25, 0.3) is 0 Å². The smallest absolute Gasteiger partial charge is 0.328 e. The fourth-order valence-electron chi connectivity index (χ4n) is 1.85. The number of benzene rings is 1. The van der Waals surface area contributed by atoms with Crippen molar-refractivity contribution in [2.24, 2.45) is 0 Å². The predicted octanol–water partition coefficient (Wildman–Crippen LogP) is 0.929. The molecule has 0 spiro atoms. The molecule has 3 aromatic rings. The van der Waals surface area contributed by atoms with Crippen molar-refractivity contribution in [2.45, 2.75) is 13.0 Å². The zero-order valence-corrected chi connectivity index (χ0v) is 10.5. The van der Waals surface area contributed by atoms with Gasteiger partial charge in [0.15, 0.2) is 11.9 Å². The zero-order chi connectivity index (χ0) is 14.1. The largest absolute Gasteiger partial charge is 0.480 e. The molecular weight excluding hydrogens is 260 g/mol. The van der Waals surface area contributed by atoms with Crippen LogP contribution in [0.4, 0.5) is 0 Å². The van der Waals surface area contributed by atoms with Crippen LogP contribution < -0.4 is 0 Å². The van der Waals surface area contributed by atoms with Crippen LogP contribution in [0.2, 0.25) is 0 Å². The Labute approximate surface area is 113 Å². The summed E-state index contributed by atoms with van der Waals surface area (Å²) in [6, 6.07) is 4.51. The first kappa shape index (κ1) is 12.2. The second-order valence-corrected chi connectivity index (χ2v) is 4.22. The van der Waals surface area contributed by atoms with E-state index in [1.165, 1.54) is 11.6 Å². The van der Waals surface area contributed by atoms with Gasteiger partial charge in [-0.25, -0.2) is 9.48 Å². The molecule has 2 aromatic heterocycles. The average Bonchev–Trinajstić information content (AvgIpc) is 2.95. The van der Waals surface area contributed by atoms with Crippen molar-refractivity contribution in [3.63, 3.8) is 0 Å². The third kappa shape index (κ3) is 1.96. The van der Waals surface area contributed by atoms with Crippen LogP contribution in [0.15, 0.2) is 30.6 Å². The van der Waals surface area contributed by atoms with E-state index >= 15 is 0 Å². The minimum atomic E-state index is -1.00. The van der Waals surface area contributed by atoms with Crippen LogP contribution in [-0.4, -0.2) is 41.3 Å². The summed E-state index contributed by atoms with van der Waals surface area (Å²) in [5.41, 5.74) is 2.14. The summed E-state index contributed by atoms with van der Waals surface area (Å²) in [5.74, 6) is -0.619. The number of carboxylic acid groups (broad SMARTS) is 1. The van der Waals surface area contributed by atoms with Crippen molar-refractivity contribution < 1.29 is 9.90 Å². The van der Waals surface area contributed by atoms with Crippen LogP contribution in [0.3, 0.4) is 0 Å². The lowest BCUT2D eigenvalue weighted by molar-refractivity contribution is -0.140. The number of nitrogens with zero attached hydrogens (tertiary/aromatic N) is 6. The van der Waals surface area contributed by atoms with Crippen molar-refractivity contribution in [1.29, 1.82) is 0 Å². The van der Waals surface area contributed by atoms with E-state index in [1.807, 2.05) is 0 Å². The normalized spacial score (nSPS) is 12.4. The molecule has 8 heteroatoms. The minimum Gasteiger partial charge on any atom is -0.480 e. The fourth-order valence-corrected chi connectivity index (χ4v) is 1.85. The lowest BCUT2D eigenvalue weighted by Crippen LogP contribution is -2.18. The molecule has 0 aliphatic rings. The first-order valence-corrected chi connectivity index (χ1v) is 5.88. The molecule has 0 amide bonds. The van der Waals surface area contributed by atoms with Gasteiger partial charge in [-0.3, -0.25) is 9.97 Å². The highest BCUT2D eigenvalue weighted by Crippen LogP contribution is 2.22. The van der Waals surface area contributed by atoms with Gasteiger partial charge in [0.2, 0.25) is 0 Å². The highest BCUT2D eigenvalue weighted by molar-refractivity contribution is 5.80. The third-order valence-corrected chi connectivity index (χ3v) is 2.94. The summed E-state index contributed by atoms with van der Waals surface area (Å²) in [6.07, 6.45) is 3.20. The molecule has 20 heavy (non-hydrogen) atoms. The van der Waals surface area contributed by atoms with E-state index in [4.69, 9.17) is 5.11 Å². The number of hydrogen-bond donors (Lipinski definition) is 1. The number of rotatable bonds is 3. The fraction of sp³-hybridized carbons (Fsp3) is 0.167. The molecule has 0 bridgehead atoms. The highest BCUT2D eigenvalue weighted by Gasteiger charge is 2.20. The quantitative estimate of drug-likeness (QED) is 0.754. The molecule has 0 saturated heterocycles. The Morgan fingerprint density at radius 2 is 2.00 bits per heavy atom. The lowest BCUT2D eigenvalue weighted by Gasteiger charge is -2.08. The SMILES string of the molecule is CC(C(=O)O)n1nnnc1-c1ccc2nccnc2c1. The molecule has 100 valence electrons. The van der Waals surface area contributed by atoms with E-state index in [2.05, 4.69) is 25.5 Å². The van der Waals surface area contributed by atoms with Crippen LogP contribution >= 0.6 is 0 Å². The molecule has 1 aromatic carbocycles. The standard InChI is InChI=1S/C12H10N6O2/c1-7(12(19)20)18-11(15-16-17-18)8-2-3-9-10(6-8)14-5-4-13-9/h2-7H,1H3,(H,19,20). The van der Waals surface area contributed by atoms with Gasteiger partial charge in [-0.15, -0.1) is 5.10 Å². The van der Waals surface area contributed by atoms with Crippen molar-refractivity contribution >= 4 is 17.0 Å². The van der Waals surface area contributed by atoms with Crippen molar-refractivity contribution in [2.75, 3.05) is 0 Å². The first-order valence-electron chi connectivity index (χ1n) is 5.88. The lowest BCUT2D eigenvalue weighted by atomic mass is 10.1. The van der Waals surface area contributed by atoms with E-state index in [1.54, 1.807) is 30.6 Å². The molecular formula is C12H10N6O2. The number of carboxylic acids is 1. The van der Waals surface area contributed by atoms with Crippen LogP contribution in [0.5, 0.6) is 0 Å². The molecule has 2 heterocycles. The average molecular weight is 270 g/mol. The molecule has 0 fully saturated rings. The Morgan fingerprint density at radius 3 is 2.75 bits per heavy atom. The summed E-state index contributed by atoms with van der Waals surface area (Å²) < 4.78 is 1.26. The van der Waals surface area contributed by atoms with E-state index in [-0.39, 0.29) is 0 Å². The van der Waals surface area contributed by atoms with Gasteiger partial charge in [0.05, 0.1) is 11.0 Å². The zero-order valence-electron chi connectivity index (χ0n) is 10.5. The Hall–Kier alpha value is -2.90. The van der Waals surface area contributed by atoms with E-state index in [0.717, 1.165) is 5.52 Å². The molecule has 1 N–H and O–H groups in total. The number of hydrogen-bond acceptors (Lipinski definition) is 6. The first-order chi connectivity index (χ1) is 9.66. The minimum absolute atomic E-state index is 0.382. The number of tetrazole rings is 1. The molecule has 0 aliphatic carbocycles. The maximum absolute atomic E-state index is 11.1. The van der Waals surface area contributed by atoms with Crippen molar-refractivity contribution in [3.05, 3.63) is 30.6 Å². The van der Waals surface area contributed by atoms with Crippen LogP contribution in [0, 0.1) is 0 Å². The summed E-state index contributed by atoms with van der Waals surface area (Å²) in [5, 5.41) is 20.2. The second-order valence-electron chi connectivity index (χ2n) is 4.22. The third-order valence-electron chi connectivity index (χ3n) is 2.94. The van der Waals surface area contributed by atoms with E-state index in [0.29, 0.717) is 16.9 Å². The maximum Gasteiger partial charge on any atom is 0.328 e. The summed E-state index contributed by atoms with van der Waals surface area (Å²) in [4.78, 5) is 19.4. The van der Waals surface area contributed by atoms with Crippen LogP contribution in [0.25, 0.3) is 22.4 Å². The molecule has 1 unspecified atom stereocenters. The molecule has 0 aliphatic heterocycles. The summed E-state index contributed by atoms with van der Waals surface area (Å²) in [7, 11) is 0. The van der Waals surface area contributed by atoms with Gasteiger partial charge < -0.3 is 5.11 Å². The van der Waals surface area contributed by atoms with Gasteiger partial charge in [-0.05, 0) is 35.5 Å². The number of fused-ring (bicyclic) bond motifs is 1. The van der Waals surface area contributed by atoms with Gasteiger partial charge in [-0.2, -0.15) is 0 Å². The van der Waals surface area contributed by atoms with Crippen LogP contribution in [0.1, 0.15) is 13.0 Å². The number of carbonyl (C=O) groups is 1. The Balaban J connectivity index is 2.12. The van der Waals surface area contributed by atoms with Crippen molar-refractivity contribution in [1.82, 2.24) is 30.2 Å². The predicted molar refractivity (Wildman–Crippen MR) is 68.7 cm³/mol. The molecule has 0 radical (unpaired) electrons. The Morgan fingerprint density at radius 1 is 1.25 bits per heavy atom. The maximum atomic E-state index is 11.1. The molecule has 8 nitrogen and oxygen atoms in total. The van der Waals surface area contributed by atoms with Gasteiger partial charge >= 0.3 is 5.97 Å². The molecule has 3 rings (SSSR count). The van der Waals surface area contributed by atoms with Crippen LogP contribution in [-0.2, 0) is 4.79 Å².